The fourth-order valence-corrected chi connectivity index (χ4v) is 6.27. The summed E-state index contributed by atoms with van der Waals surface area (Å²) in [4.78, 5) is 13.8. The molecule has 1 amide bonds. The third kappa shape index (κ3) is 6.30. The molecule has 41 heavy (non-hydrogen) atoms. The quantitative estimate of drug-likeness (QED) is 0.322. The SMILES string of the molecule is C=CC(C)(C)C[C@@H]1N[C@@H](C(=O)NCC[C@H]2COC(C)(C)O2)[C@H](c2cccc(Cl)c2F)[C@@]1(C#N)c1ccc(Cl)cc1F. The Balaban J connectivity index is 1.80. The number of ether oxygens (including phenoxy) is 2. The second kappa shape index (κ2) is 12.0. The summed E-state index contributed by atoms with van der Waals surface area (Å²) in [7, 11) is 0. The van der Waals surface area contributed by atoms with Crippen molar-refractivity contribution < 1.29 is 23.0 Å². The molecule has 0 unspecified atom stereocenters. The molecular formula is C31H35Cl2F2N3O3. The van der Waals surface area contributed by atoms with Crippen LogP contribution < -0.4 is 10.6 Å². The first kappa shape index (κ1) is 31.4. The summed E-state index contributed by atoms with van der Waals surface area (Å²) < 4.78 is 42.9. The number of rotatable bonds is 9. The van der Waals surface area contributed by atoms with E-state index in [0.717, 1.165) is 6.07 Å². The highest BCUT2D eigenvalue weighted by Crippen LogP contribution is 2.52. The lowest BCUT2D eigenvalue weighted by molar-refractivity contribution is -0.138. The zero-order valence-electron chi connectivity index (χ0n) is 23.6. The van der Waals surface area contributed by atoms with Crippen LogP contribution in [0.5, 0.6) is 0 Å². The smallest absolute Gasteiger partial charge is 0.237 e. The van der Waals surface area contributed by atoms with Crippen LogP contribution in [0.25, 0.3) is 0 Å². The van der Waals surface area contributed by atoms with Crippen molar-refractivity contribution in [1.29, 1.82) is 5.26 Å². The molecule has 5 atom stereocenters. The molecule has 0 aliphatic carbocycles. The van der Waals surface area contributed by atoms with Crippen molar-refractivity contribution in [2.24, 2.45) is 5.41 Å². The molecule has 220 valence electrons. The Bertz CT molecular complexity index is 1360. The summed E-state index contributed by atoms with van der Waals surface area (Å²) in [6.07, 6.45) is 2.32. The number of hydrogen-bond acceptors (Lipinski definition) is 5. The van der Waals surface area contributed by atoms with E-state index in [2.05, 4.69) is 23.3 Å². The minimum Gasteiger partial charge on any atom is -0.355 e. The van der Waals surface area contributed by atoms with Crippen LogP contribution in [0.2, 0.25) is 10.0 Å². The van der Waals surface area contributed by atoms with Crippen molar-refractivity contribution in [2.45, 2.75) is 75.8 Å². The summed E-state index contributed by atoms with van der Waals surface area (Å²) in [6.45, 7) is 12.1. The van der Waals surface area contributed by atoms with E-state index in [4.69, 9.17) is 32.7 Å². The van der Waals surface area contributed by atoms with Gasteiger partial charge in [-0.25, -0.2) is 8.78 Å². The first-order chi connectivity index (χ1) is 19.2. The maximum atomic E-state index is 15.7. The standard InChI is InChI=1S/C31H35Cl2F2N3O3/c1-6-29(2,3)15-24-31(17-36,21-11-10-18(32)14-23(21)34)25(20-8-7-9-22(33)26(20)35)27(38-24)28(39)37-13-12-19-16-40-30(4,5)41-19/h6-11,14,19,24-25,27,38H,1,12-13,15-16H2,2-5H3,(H,37,39)/t19-,24-,25-,27+,31-/m0/s1. The zero-order chi connectivity index (χ0) is 30.2. The van der Waals surface area contributed by atoms with Gasteiger partial charge in [0.05, 0.1) is 29.8 Å². The Kier molecular flexibility index (Phi) is 9.18. The molecule has 2 heterocycles. The molecule has 0 saturated carbocycles. The Morgan fingerprint density at radius 3 is 2.63 bits per heavy atom. The molecule has 6 nitrogen and oxygen atoms in total. The highest BCUT2D eigenvalue weighted by atomic mass is 35.5. The van der Waals surface area contributed by atoms with Gasteiger partial charge in [0, 0.05) is 29.1 Å². The van der Waals surface area contributed by atoms with Crippen molar-refractivity contribution >= 4 is 29.1 Å². The molecule has 2 aromatic carbocycles. The van der Waals surface area contributed by atoms with Gasteiger partial charge in [0.2, 0.25) is 5.91 Å². The van der Waals surface area contributed by atoms with Gasteiger partial charge >= 0.3 is 0 Å². The van der Waals surface area contributed by atoms with Crippen molar-refractivity contribution in [3.8, 4) is 6.07 Å². The predicted octanol–water partition coefficient (Wildman–Crippen LogP) is 6.42. The molecule has 0 bridgehead atoms. The minimum atomic E-state index is -1.71. The van der Waals surface area contributed by atoms with E-state index in [9.17, 15) is 10.1 Å². The average Bonchev–Trinajstić information content (AvgIpc) is 3.42. The average molecular weight is 607 g/mol. The van der Waals surface area contributed by atoms with E-state index in [-0.39, 0.29) is 33.8 Å². The number of hydrogen-bond donors (Lipinski definition) is 2. The Morgan fingerprint density at radius 1 is 1.29 bits per heavy atom. The van der Waals surface area contributed by atoms with Gasteiger partial charge < -0.3 is 20.1 Å². The van der Waals surface area contributed by atoms with Gasteiger partial charge in [0.15, 0.2) is 5.79 Å². The fraction of sp³-hybridized carbons (Fsp3) is 0.484. The van der Waals surface area contributed by atoms with Gasteiger partial charge in [0.25, 0.3) is 0 Å². The molecule has 4 rings (SSSR count). The Hall–Kier alpha value is -2.54. The fourth-order valence-electron chi connectivity index (χ4n) is 5.93. The van der Waals surface area contributed by atoms with Crippen LogP contribution in [0.15, 0.2) is 49.1 Å². The number of nitrogens with zero attached hydrogens (tertiary/aromatic N) is 1. The largest absolute Gasteiger partial charge is 0.355 e. The molecule has 0 radical (unpaired) electrons. The van der Waals surface area contributed by atoms with Crippen LogP contribution in [0.1, 0.15) is 57.6 Å². The Labute approximate surface area is 250 Å². The van der Waals surface area contributed by atoms with Crippen LogP contribution in [0.4, 0.5) is 8.78 Å². The maximum absolute atomic E-state index is 15.7. The molecule has 2 aliphatic heterocycles. The van der Waals surface area contributed by atoms with E-state index in [1.165, 1.54) is 24.3 Å². The summed E-state index contributed by atoms with van der Waals surface area (Å²) >= 11 is 12.3. The van der Waals surface area contributed by atoms with Crippen molar-refractivity contribution in [2.75, 3.05) is 13.2 Å². The van der Waals surface area contributed by atoms with Crippen LogP contribution in [-0.2, 0) is 19.7 Å². The van der Waals surface area contributed by atoms with Gasteiger partial charge in [-0.2, -0.15) is 5.26 Å². The lowest BCUT2D eigenvalue weighted by Crippen LogP contribution is -2.46. The minimum absolute atomic E-state index is 0.0140. The first-order valence-electron chi connectivity index (χ1n) is 13.5. The molecule has 2 fully saturated rings. The number of nitriles is 1. The summed E-state index contributed by atoms with van der Waals surface area (Å²) in [5, 5.41) is 17.1. The molecule has 2 saturated heterocycles. The molecule has 2 N–H and O–H groups in total. The van der Waals surface area contributed by atoms with E-state index >= 15 is 8.78 Å². The number of carbonyl (C=O) groups excluding carboxylic acids is 1. The van der Waals surface area contributed by atoms with Gasteiger partial charge in [-0.3, -0.25) is 4.79 Å². The van der Waals surface area contributed by atoms with Crippen molar-refractivity contribution in [1.82, 2.24) is 10.6 Å². The maximum Gasteiger partial charge on any atom is 0.237 e. The number of carbonyl (C=O) groups is 1. The third-order valence-corrected chi connectivity index (χ3v) is 8.56. The first-order valence-corrected chi connectivity index (χ1v) is 14.3. The monoisotopic (exact) mass is 605 g/mol. The summed E-state index contributed by atoms with van der Waals surface area (Å²) in [5.41, 5.74) is -2.18. The Morgan fingerprint density at radius 2 is 2.02 bits per heavy atom. The summed E-state index contributed by atoms with van der Waals surface area (Å²) in [6, 6.07) is 8.93. The second-order valence-corrected chi connectivity index (χ2v) is 12.7. The number of benzene rings is 2. The normalized spacial score (nSPS) is 27.4. The van der Waals surface area contributed by atoms with Gasteiger partial charge in [-0.1, -0.05) is 61.3 Å². The number of nitrogens with one attached hydrogen (secondary N) is 2. The number of allylic oxidation sites excluding steroid dienone is 1. The molecular weight excluding hydrogens is 571 g/mol. The molecule has 2 aliphatic rings. The van der Waals surface area contributed by atoms with Crippen molar-refractivity contribution in [3.63, 3.8) is 0 Å². The highest BCUT2D eigenvalue weighted by molar-refractivity contribution is 6.31. The topological polar surface area (TPSA) is 83.4 Å². The number of amides is 1. The van der Waals surface area contributed by atoms with E-state index in [1.807, 2.05) is 27.7 Å². The highest BCUT2D eigenvalue weighted by Gasteiger charge is 2.61. The van der Waals surface area contributed by atoms with Gasteiger partial charge in [-0.15, -0.1) is 6.58 Å². The van der Waals surface area contributed by atoms with Crippen LogP contribution >= 0.6 is 23.2 Å². The molecule has 10 heteroatoms. The lowest BCUT2D eigenvalue weighted by atomic mass is 9.62. The van der Waals surface area contributed by atoms with Crippen molar-refractivity contribution in [3.05, 3.63) is 81.9 Å². The zero-order valence-corrected chi connectivity index (χ0v) is 25.1. The predicted molar refractivity (Wildman–Crippen MR) is 155 cm³/mol. The molecule has 0 aromatic heterocycles. The summed E-state index contributed by atoms with van der Waals surface area (Å²) in [5.74, 6) is -3.79. The lowest BCUT2D eigenvalue weighted by Gasteiger charge is -2.37. The van der Waals surface area contributed by atoms with E-state index < -0.39 is 52.2 Å². The third-order valence-electron chi connectivity index (χ3n) is 8.03. The number of halogens is 4. The van der Waals surface area contributed by atoms with Gasteiger partial charge in [0.1, 0.15) is 17.0 Å². The van der Waals surface area contributed by atoms with Gasteiger partial charge in [-0.05, 0) is 55.9 Å². The van der Waals surface area contributed by atoms with E-state index in [0.29, 0.717) is 19.4 Å². The van der Waals surface area contributed by atoms with Crippen LogP contribution in [0, 0.1) is 28.4 Å². The van der Waals surface area contributed by atoms with Crippen LogP contribution in [0.3, 0.4) is 0 Å². The van der Waals surface area contributed by atoms with Crippen LogP contribution in [-0.4, -0.2) is 43.0 Å². The second-order valence-electron chi connectivity index (χ2n) is 11.8. The molecule has 0 spiro atoms. The molecule has 2 aromatic rings. The van der Waals surface area contributed by atoms with E-state index in [1.54, 1.807) is 12.1 Å².